The summed E-state index contributed by atoms with van der Waals surface area (Å²) in [6.45, 7) is 0.799. The minimum Gasteiger partial charge on any atom is -0.478 e. The molecule has 1 aromatic heterocycles. The van der Waals surface area contributed by atoms with Gasteiger partial charge in [0.1, 0.15) is 0 Å². The first kappa shape index (κ1) is 18.4. The average Bonchev–Trinajstić information content (AvgIpc) is 3.06. The summed E-state index contributed by atoms with van der Waals surface area (Å²) in [6.07, 6.45) is 7.27. The van der Waals surface area contributed by atoms with Crippen LogP contribution in [0.4, 0.5) is 0 Å². The predicted octanol–water partition coefficient (Wildman–Crippen LogP) is 5.88. The van der Waals surface area contributed by atoms with Gasteiger partial charge in [0.15, 0.2) is 0 Å². The molecule has 4 heteroatoms. The smallest absolute Gasteiger partial charge is 0.335 e. The standard InChI is InChI=1S/C25H27NO3/c27-22-11-6-14-26-21-15-17(25(28)29)12-13-20(21)23(16-7-2-1-3-8-16)24(26)19-10-5-4-9-18(19)22/h4-5,9-10,12-13,15-16,22,27H,1-3,6-8,11,14H2,(H,28,29). The SMILES string of the molecule is O=C(O)c1ccc2c(C3CCCCC3)c3n(c2c1)CCCC(O)c1ccccc1-3. The normalized spacial score (nSPS) is 20.0. The third-order valence-electron chi connectivity index (χ3n) is 6.80. The molecule has 1 fully saturated rings. The van der Waals surface area contributed by atoms with Crippen molar-refractivity contribution >= 4 is 16.9 Å². The number of hydrogen-bond donors (Lipinski definition) is 2. The van der Waals surface area contributed by atoms with E-state index in [0.29, 0.717) is 17.9 Å². The molecule has 0 saturated heterocycles. The van der Waals surface area contributed by atoms with Crippen LogP contribution in [-0.2, 0) is 6.54 Å². The number of hydrogen-bond acceptors (Lipinski definition) is 2. The molecule has 0 radical (unpaired) electrons. The zero-order valence-corrected chi connectivity index (χ0v) is 16.6. The van der Waals surface area contributed by atoms with Crippen LogP contribution >= 0.6 is 0 Å². The van der Waals surface area contributed by atoms with E-state index in [0.717, 1.165) is 29.6 Å². The van der Waals surface area contributed by atoms with Crippen molar-refractivity contribution in [3.63, 3.8) is 0 Å². The Morgan fingerprint density at radius 3 is 2.55 bits per heavy atom. The van der Waals surface area contributed by atoms with E-state index in [1.165, 1.54) is 48.7 Å². The number of aryl methyl sites for hydroxylation is 1. The molecule has 1 aliphatic carbocycles. The maximum Gasteiger partial charge on any atom is 0.335 e. The number of benzene rings is 2. The van der Waals surface area contributed by atoms with Gasteiger partial charge < -0.3 is 14.8 Å². The Hall–Kier alpha value is -2.59. The van der Waals surface area contributed by atoms with Crippen LogP contribution in [0.2, 0.25) is 0 Å². The third kappa shape index (κ3) is 3.06. The Balaban J connectivity index is 1.85. The minimum absolute atomic E-state index is 0.336. The van der Waals surface area contributed by atoms with Gasteiger partial charge >= 0.3 is 5.97 Å². The number of aliphatic hydroxyl groups excluding tert-OH is 1. The second kappa shape index (κ2) is 7.34. The number of rotatable bonds is 2. The van der Waals surface area contributed by atoms with Gasteiger partial charge in [0.25, 0.3) is 0 Å². The van der Waals surface area contributed by atoms with Crippen molar-refractivity contribution in [1.82, 2.24) is 4.57 Å². The first-order chi connectivity index (χ1) is 14.1. The van der Waals surface area contributed by atoms with E-state index in [1.54, 1.807) is 6.07 Å². The molecule has 1 atom stereocenters. The van der Waals surface area contributed by atoms with Gasteiger partial charge in [-0.05, 0) is 54.9 Å². The van der Waals surface area contributed by atoms with Crippen LogP contribution in [0.3, 0.4) is 0 Å². The van der Waals surface area contributed by atoms with E-state index in [9.17, 15) is 15.0 Å². The van der Waals surface area contributed by atoms with Crippen molar-refractivity contribution in [1.29, 1.82) is 0 Å². The second-order valence-electron chi connectivity index (χ2n) is 8.53. The molecule has 1 unspecified atom stereocenters. The third-order valence-corrected chi connectivity index (χ3v) is 6.80. The molecule has 2 aliphatic rings. The van der Waals surface area contributed by atoms with E-state index >= 15 is 0 Å². The summed E-state index contributed by atoms with van der Waals surface area (Å²) in [5, 5.41) is 21.5. The van der Waals surface area contributed by atoms with Gasteiger partial charge in [-0.15, -0.1) is 0 Å². The topological polar surface area (TPSA) is 62.5 Å². The van der Waals surface area contributed by atoms with Gasteiger partial charge in [-0.25, -0.2) is 4.79 Å². The molecule has 29 heavy (non-hydrogen) atoms. The predicted molar refractivity (Wildman–Crippen MR) is 114 cm³/mol. The quantitative estimate of drug-likeness (QED) is 0.575. The first-order valence-electron chi connectivity index (χ1n) is 10.8. The fraction of sp³-hybridized carbons (Fsp3) is 0.400. The van der Waals surface area contributed by atoms with E-state index in [2.05, 4.69) is 10.6 Å². The van der Waals surface area contributed by atoms with E-state index in [1.807, 2.05) is 30.3 Å². The fourth-order valence-corrected chi connectivity index (χ4v) is 5.44. The lowest BCUT2D eigenvalue weighted by Gasteiger charge is -2.26. The molecular weight excluding hydrogens is 362 g/mol. The maximum absolute atomic E-state index is 11.6. The van der Waals surface area contributed by atoms with Crippen LogP contribution in [0.25, 0.3) is 22.2 Å². The zero-order chi connectivity index (χ0) is 20.0. The number of carboxylic acids is 1. The monoisotopic (exact) mass is 389 g/mol. The van der Waals surface area contributed by atoms with Crippen molar-refractivity contribution in [3.8, 4) is 11.3 Å². The average molecular weight is 389 g/mol. The van der Waals surface area contributed by atoms with Crippen LogP contribution in [0.1, 0.15) is 78.5 Å². The Labute approximate surface area is 170 Å². The highest BCUT2D eigenvalue weighted by molar-refractivity contribution is 5.98. The van der Waals surface area contributed by atoms with E-state index in [-0.39, 0.29) is 0 Å². The molecule has 0 bridgehead atoms. The summed E-state index contributed by atoms with van der Waals surface area (Å²) in [7, 11) is 0. The van der Waals surface area contributed by atoms with Crippen LogP contribution in [0.15, 0.2) is 42.5 Å². The number of nitrogens with zero attached hydrogens (tertiary/aromatic N) is 1. The number of aromatic nitrogens is 1. The van der Waals surface area contributed by atoms with Crippen molar-refractivity contribution in [3.05, 3.63) is 59.2 Å². The summed E-state index contributed by atoms with van der Waals surface area (Å²) < 4.78 is 2.33. The molecule has 1 aliphatic heterocycles. The van der Waals surface area contributed by atoms with Crippen LogP contribution in [-0.4, -0.2) is 20.7 Å². The second-order valence-corrected chi connectivity index (χ2v) is 8.53. The summed E-state index contributed by atoms with van der Waals surface area (Å²) in [4.78, 5) is 11.6. The van der Waals surface area contributed by atoms with Crippen LogP contribution in [0, 0.1) is 0 Å². The van der Waals surface area contributed by atoms with Crippen LogP contribution in [0.5, 0.6) is 0 Å². The fourth-order valence-electron chi connectivity index (χ4n) is 5.44. The maximum atomic E-state index is 11.6. The molecule has 5 rings (SSSR count). The van der Waals surface area contributed by atoms with Crippen molar-refractivity contribution in [2.45, 2.75) is 63.5 Å². The van der Waals surface area contributed by atoms with Crippen molar-refractivity contribution in [2.75, 3.05) is 0 Å². The lowest BCUT2D eigenvalue weighted by atomic mass is 9.81. The largest absolute Gasteiger partial charge is 0.478 e. The van der Waals surface area contributed by atoms with Crippen molar-refractivity contribution < 1.29 is 15.0 Å². The molecule has 0 amide bonds. The molecule has 4 nitrogen and oxygen atoms in total. The Kier molecular flexibility index (Phi) is 4.67. The molecular formula is C25H27NO3. The lowest BCUT2D eigenvalue weighted by Crippen LogP contribution is -2.12. The number of fused-ring (bicyclic) bond motifs is 5. The molecule has 150 valence electrons. The summed E-state index contributed by atoms with van der Waals surface area (Å²) in [5.74, 6) is -0.397. The van der Waals surface area contributed by atoms with Gasteiger partial charge in [-0.2, -0.15) is 0 Å². The van der Waals surface area contributed by atoms with Gasteiger partial charge in [-0.3, -0.25) is 0 Å². The van der Waals surface area contributed by atoms with Gasteiger partial charge in [0.2, 0.25) is 0 Å². The Morgan fingerprint density at radius 2 is 1.76 bits per heavy atom. The van der Waals surface area contributed by atoms with Crippen molar-refractivity contribution in [2.24, 2.45) is 0 Å². The molecule has 0 spiro atoms. The van der Waals surface area contributed by atoms with Gasteiger partial charge in [-0.1, -0.05) is 49.6 Å². The number of carboxylic acid groups (broad SMARTS) is 1. The number of aliphatic hydroxyl groups is 1. The van der Waals surface area contributed by atoms with E-state index in [4.69, 9.17) is 0 Å². The van der Waals surface area contributed by atoms with Gasteiger partial charge in [0, 0.05) is 23.0 Å². The lowest BCUT2D eigenvalue weighted by molar-refractivity contribution is 0.0697. The highest BCUT2D eigenvalue weighted by Crippen LogP contribution is 2.46. The van der Waals surface area contributed by atoms with Crippen LogP contribution < -0.4 is 0 Å². The first-order valence-corrected chi connectivity index (χ1v) is 10.8. The number of carbonyl (C=O) groups is 1. The minimum atomic E-state index is -0.886. The molecule has 2 aromatic carbocycles. The highest BCUT2D eigenvalue weighted by atomic mass is 16.4. The molecule has 2 N–H and O–H groups in total. The summed E-state index contributed by atoms with van der Waals surface area (Å²) in [5.41, 5.74) is 6.01. The Morgan fingerprint density at radius 1 is 0.966 bits per heavy atom. The summed E-state index contributed by atoms with van der Waals surface area (Å²) in [6, 6.07) is 13.8. The van der Waals surface area contributed by atoms with E-state index < -0.39 is 12.1 Å². The molecule has 1 saturated carbocycles. The van der Waals surface area contributed by atoms with Gasteiger partial charge in [0.05, 0.1) is 17.4 Å². The zero-order valence-electron chi connectivity index (χ0n) is 16.6. The molecule has 3 aromatic rings. The summed E-state index contributed by atoms with van der Waals surface area (Å²) >= 11 is 0. The highest BCUT2D eigenvalue weighted by Gasteiger charge is 2.29. The number of aromatic carboxylic acids is 1. The Bertz CT molecular complexity index is 1080. The molecule has 2 heterocycles.